The molecule has 0 aromatic carbocycles. The van der Waals surface area contributed by atoms with E-state index >= 15 is 0 Å². The standard InChI is InChI=1S/C12H17ClN6OSi/c1-21(2,3)5-4-20-7-19-12-10(16-18-19)9-8(6-14-12)15-17-11(9)13/h6,18H,4-5,7H2,1-3H3. The molecule has 0 fully saturated rings. The zero-order valence-electron chi connectivity index (χ0n) is 12.2. The van der Waals surface area contributed by atoms with Crippen molar-refractivity contribution in [3.8, 4) is 0 Å². The maximum absolute atomic E-state index is 6.05. The first-order chi connectivity index (χ1) is 9.96. The van der Waals surface area contributed by atoms with Crippen molar-refractivity contribution in [3.63, 3.8) is 0 Å². The lowest BCUT2D eigenvalue weighted by Crippen LogP contribution is -2.22. The molecule has 3 rings (SSSR count). The lowest BCUT2D eigenvalue weighted by Gasteiger charge is -2.15. The minimum atomic E-state index is -1.08. The van der Waals surface area contributed by atoms with Crippen LogP contribution >= 0.6 is 11.6 Å². The van der Waals surface area contributed by atoms with Crippen molar-refractivity contribution < 1.29 is 4.74 Å². The van der Waals surface area contributed by atoms with Crippen LogP contribution in [0.15, 0.2) is 6.20 Å². The Morgan fingerprint density at radius 2 is 2.14 bits per heavy atom. The molecule has 3 aromatic heterocycles. The number of ether oxygens (including phenoxy) is 1. The molecule has 7 nitrogen and oxygen atoms in total. The summed E-state index contributed by atoms with van der Waals surface area (Å²) >= 11 is 6.05. The summed E-state index contributed by atoms with van der Waals surface area (Å²) < 4.78 is 7.46. The van der Waals surface area contributed by atoms with Gasteiger partial charge in [0.2, 0.25) is 0 Å². The summed E-state index contributed by atoms with van der Waals surface area (Å²) in [4.78, 5) is 4.35. The van der Waals surface area contributed by atoms with Gasteiger partial charge >= 0.3 is 0 Å². The SMILES string of the molecule is C[Si](C)(C)CCOCn1[nH]nc2c3c(Cl)nnc3cnc21. The Kier molecular flexibility index (Phi) is 3.68. The molecule has 0 aliphatic heterocycles. The molecule has 0 radical (unpaired) electrons. The van der Waals surface area contributed by atoms with Gasteiger partial charge in [-0.05, 0) is 6.04 Å². The lowest BCUT2D eigenvalue weighted by molar-refractivity contribution is 0.0799. The van der Waals surface area contributed by atoms with E-state index in [9.17, 15) is 0 Å². The maximum atomic E-state index is 6.05. The molecule has 0 saturated carbocycles. The highest BCUT2D eigenvalue weighted by atomic mass is 35.5. The predicted octanol–water partition coefficient (Wildman–Crippen LogP) is 2.67. The van der Waals surface area contributed by atoms with Gasteiger partial charge in [0.25, 0.3) is 0 Å². The van der Waals surface area contributed by atoms with Crippen LogP contribution in [0.3, 0.4) is 0 Å². The van der Waals surface area contributed by atoms with Crippen LogP contribution in [0.4, 0.5) is 0 Å². The minimum Gasteiger partial charge on any atom is -0.359 e. The van der Waals surface area contributed by atoms with Gasteiger partial charge in [-0.3, -0.25) is 0 Å². The van der Waals surface area contributed by atoms with E-state index in [4.69, 9.17) is 16.3 Å². The van der Waals surface area contributed by atoms with Gasteiger partial charge in [-0.15, -0.1) is 10.2 Å². The molecule has 0 spiro atoms. The monoisotopic (exact) mass is 324 g/mol. The maximum Gasteiger partial charge on any atom is 0.179 e. The molecule has 0 aliphatic rings. The highest BCUT2D eigenvalue weighted by Gasteiger charge is 2.15. The van der Waals surface area contributed by atoms with Gasteiger partial charge in [0, 0.05) is 14.7 Å². The summed E-state index contributed by atoms with van der Waals surface area (Å²) in [6, 6.07) is 1.12. The van der Waals surface area contributed by atoms with Gasteiger partial charge < -0.3 is 4.74 Å². The topological polar surface area (TPSA) is 81.5 Å². The Bertz CT molecular complexity index is 777. The summed E-state index contributed by atoms with van der Waals surface area (Å²) in [6.07, 6.45) is 1.64. The quantitative estimate of drug-likeness (QED) is 0.576. The van der Waals surface area contributed by atoms with Crippen LogP contribution in [-0.2, 0) is 11.5 Å². The summed E-state index contributed by atoms with van der Waals surface area (Å²) in [7, 11) is -1.08. The Morgan fingerprint density at radius 1 is 1.33 bits per heavy atom. The number of H-pyrrole nitrogens is 1. The zero-order chi connectivity index (χ0) is 15.0. The van der Waals surface area contributed by atoms with E-state index in [1.807, 2.05) is 0 Å². The van der Waals surface area contributed by atoms with Gasteiger partial charge in [-0.25, -0.2) is 14.9 Å². The van der Waals surface area contributed by atoms with Gasteiger partial charge in [0.15, 0.2) is 10.8 Å². The predicted molar refractivity (Wildman–Crippen MR) is 84.1 cm³/mol. The number of halogens is 1. The van der Waals surface area contributed by atoms with E-state index in [0.717, 1.165) is 18.0 Å². The summed E-state index contributed by atoms with van der Waals surface area (Å²) in [5.41, 5.74) is 1.99. The lowest BCUT2D eigenvalue weighted by atomic mass is 10.3. The van der Waals surface area contributed by atoms with Gasteiger partial charge in [0.1, 0.15) is 17.8 Å². The van der Waals surface area contributed by atoms with Crippen molar-refractivity contribution in [2.45, 2.75) is 32.4 Å². The number of hydrogen-bond acceptors (Lipinski definition) is 5. The average Bonchev–Trinajstić information content (AvgIpc) is 2.98. The number of pyridine rings is 1. The van der Waals surface area contributed by atoms with E-state index in [-0.39, 0.29) is 0 Å². The largest absolute Gasteiger partial charge is 0.359 e. The molecule has 9 heteroatoms. The fraction of sp³-hybridized carbons (Fsp3) is 0.500. The van der Waals surface area contributed by atoms with E-state index in [0.29, 0.717) is 28.6 Å². The minimum absolute atomic E-state index is 0.343. The summed E-state index contributed by atoms with van der Waals surface area (Å²) in [6.45, 7) is 8.10. The van der Waals surface area contributed by atoms with Crippen LogP contribution < -0.4 is 0 Å². The first-order valence-corrected chi connectivity index (χ1v) is 10.8. The van der Waals surface area contributed by atoms with Crippen molar-refractivity contribution in [2.75, 3.05) is 6.61 Å². The Hall–Kier alpha value is -1.51. The molecule has 1 N–H and O–H groups in total. The second-order valence-corrected chi connectivity index (χ2v) is 12.1. The fourth-order valence-electron chi connectivity index (χ4n) is 1.99. The number of nitrogens with zero attached hydrogens (tertiary/aromatic N) is 5. The first-order valence-electron chi connectivity index (χ1n) is 6.75. The van der Waals surface area contributed by atoms with Gasteiger partial charge in [-0.2, -0.15) is 5.10 Å². The number of aromatic nitrogens is 6. The number of rotatable bonds is 5. The van der Waals surface area contributed by atoms with Crippen LogP contribution in [0, 0.1) is 0 Å². The van der Waals surface area contributed by atoms with Crippen molar-refractivity contribution in [1.29, 1.82) is 0 Å². The Labute approximate surface area is 127 Å². The molecular weight excluding hydrogens is 308 g/mol. The average molecular weight is 325 g/mol. The van der Waals surface area contributed by atoms with E-state index in [1.165, 1.54) is 0 Å². The molecule has 0 saturated heterocycles. The smallest absolute Gasteiger partial charge is 0.179 e. The van der Waals surface area contributed by atoms with Crippen LogP contribution in [0.2, 0.25) is 30.8 Å². The number of hydrogen-bond donors (Lipinski definition) is 1. The van der Waals surface area contributed by atoms with Gasteiger partial charge in [-0.1, -0.05) is 31.2 Å². The van der Waals surface area contributed by atoms with Crippen molar-refractivity contribution in [3.05, 3.63) is 11.3 Å². The van der Waals surface area contributed by atoms with E-state index < -0.39 is 8.07 Å². The molecule has 3 aromatic rings. The second-order valence-electron chi connectivity index (χ2n) is 6.17. The molecule has 3 heterocycles. The van der Waals surface area contributed by atoms with Crippen molar-refractivity contribution in [1.82, 2.24) is 30.2 Å². The summed E-state index contributed by atoms with van der Waals surface area (Å²) in [5.74, 6) is 0. The number of fused-ring (bicyclic) bond motifs is 3. The van der Waals surface area contributed by atoms with Crippen LogP contribution in [-0.4, -0.2) is 44.9 Å². The normalized spacial score (nSPS) is 12.6. The number of aromatic amines is 1. The molecule has 0 amide bonds. The van der Waals surface area contributed by atoms with Crippen molar-refractivity contribution >= 4 is 41.7 Å². The fourth-order valence-corrected chi connectivity index (χ4v) is 2.97. The van der Waals surface area contributed by atoms with Gasteiger partial charge in [0.05, 0.1) is 11.6 Å². The van der Waals surface area contributed by atoms with Crippen LogP contribution in [0.5, 0.6) is 0 Å². The highest BCUT2D eigenvalue weighted by Crippen LogP contribution is 2.26. The highest BCUT2D eigenvalue weighted by molar-refractivity contribution is 6.76. The molecule has 0 bridgehead atoms. The summed E-state index contributed by atoms with van der Waals surface area (Å²) in [5, 5.41) is 16.0. The molecule has 0 unspecified atom stereocenters. The zero-order valence-corrected chi connectivity index (χ0v) is 14.0. The van der Waals surface area contributed by atoms with E-state index in [1.54, 1.807) is 10.9 Å². The second kappa shape index (κ2) is 5.36. The van der Waals surface area contributed by atoms with Crippen LogP contribution in [0.25, 0.3) is 22.1 Å². The Balaban J connectivity index is 1.81. The molecule has 0 aliphatic carbocycles. The van der Waals surface area contributed by atoms with Crippen LogP contribution in [0.1, 0.15) is 0 Å². The molecule has 112 valence electrons. The third-order valence-corrected chi connectivity index (χ3v) is 5.19. The molecular formula is C12H17ClN6OSi. The van der Waals surface area contributed by atoms with E-state index in [2.05, 4.69) is 45.1 Å². The third-order valence-electron chi connectivity index (χ3n) is 3.22. The number of nitrogens with one attached hydrogen (secondary N) is 1. The third kappa shape index (κ3) is 2.92. The first kappa shape index (κ1) is 14.4. The molecule has 21 heavy (non-hydrogen) atoms. The van der Waals surface area contributed by atoms with Crippen molar-refractivity contribution in [2.24, 2.45) is 0 Å². The molecule has 0 atom stereocenters. The Morgan fingerprint density at radius 3 is 2.90 bits per heavy atom.